The molecule has 2 fully saturated rings. The molecule has 3 heteroatoms. The molecule has 2 aliphatic rings. The van der Waals surface area contributed by atoms with E-state index in [0.29, 0.717) is 24.0 Å². The van der Waals surface area contributed by atoms with Gasteiger partial charge in [-0.1, -0.05) is 20.8 Å². The summed E-state index contributed by atoms with van der Waals surface area (Å²) in [6, 6.07) is 2.46. The third-order valence-electron chi connectivity index (χ3n) is 4.81. The van der Waals surface area contributed by atoms with E-state index in [-0.39, 0.29) is 0 Å². The second-order valence-corrected chi connectivity index (χ2v) is 7.45. The minimum Gasteiger partial charge on any atom is -0.375 e. The average Bonchev–Trinajstić information content (AvgIpc) is 3.13. The van der Waals surface area contributed by atoms with Gasteiger partial charge in [-0.25, -0.2) is 0 Å². The minimum absolute atomic E-state index is 0.318. The Labute approximate surface area is 117 Å². The zero-order chi connectivity index (χ0) is 14.1. The van der Waals surface area contributed by atoms with Crippen LogP contribution in [0.2, 0.25) is 0 Å². The van der Waals surface area contributed by atoms with Crippen LogP contribution in [0.25, 0.3) is 0 Å². The fourth-order valence-corrected chi connectivity index (χ4v) is 3.78. The van der Waals surface area contributed by atoms with Gasteiger partial charge in [0.05, 0.1) is 18.8 Å². The van der Waals surface area contributed by atoms with Crippen molar-refractivity contribution in [1.82, 2.24) is 5.32 Å². The third-order valence-corrected chi connectivity index (χ3v) is 4.81. The smallest absolute Gasteiger partial charge is 0.132 e. The number of hydrogen-bond acceptors (Lipinski definition) is 3. The molecule has 3 unspecified atom stereocenters. The molecule has 108 valence electrons. The summed E-state index contributed by atoms with van der Waals surface area (Å²) in [5.41, 5.74) is -0.0817. The molecule has 0 aromatic carbocycles. The first kappa shape index (κ1) is 14.8. The van der Waals surface area contributed by atoms with Crippen LogP contribution in [0.5, 0.6) is 0 Å². The monoisotopic (exact) mass is 264 g/mol. The number of hydrogen-bond donors (Lipinski definition) is 1. The van der Waals surface area contributed by atoms with E-state index < -0.39 is 5.54 Å². The maximum Gasteiger partial charge on any atom is 0.132 e. The molecule has 0 heterocycles. The van der Waals surface area contributed by atoms with Gasteiger partial charge in [-0.15, -0.1) is 0 Å². The topological polar surface area (TPSA) is 45.0 Å². The molecule has 1 N–H and O–H groups in total. The Morgan fingerprint density at radius 2 is 2.05 bits per heavy atom. The largest absolute Gasteiger partial charge is 0.375 e. The lowest BCUT2D eigenvalue weighted by Crippen LogP contribution is -2.49. The Balaban J connectivity index is 1.92. The highest BCUT2D eigenvalue weighted by Gasteiger charge is 2.46. The van der Waals surface area contributed by atoms with Gasteiger partial charge in [0.25, 0.3) is 0 Å². The van der Waals surface area contributed by atoms with E-state index in [4.69, 9.17) is 4.74 Å². The van der Waals surface area contributed by atoms with Crippen LogP contribution in [0.1, 0.15) is 52.9 Å². The van der Waals surface area contributed by atoms with Crippen molar-refractivity contribution in [3.63, 3.8) is 0 Å². The summed E-state index contributed by atoms with van der Waals surface area (Å²) in [5, 5.41) is 12.7. The summed E-state index contributed by atoms with van der Waals surface area (Å²) in [7, 11) is 1.89. The molecular weight excluding hydrogens is 236 g/mol. The fourth-order valence-electron chi connectivity index (χ4n) is 3.78. The normalized spacial score (nSPS) is 33.4. The van der Waals surface area contributed by atoms with Gasteiger partial charge >= 0.3 is 0 Å². The summed E-state index contributed by atoms with van der Waals surface area (Å²) in [5.74, 6) is 1.21. The second kappa shape index (κ2) is 5.42. The third kappa shape index (κ3) is 3.49. The first-order valence-electron chi connectivity index (χ1n) is 7.62. The lowest BCUT2D eigenvalue weighted by molar-refractivity contribution is -0.0410. The summed E-state index contributed by atoms with van der Waals surface area (Å²) < 4.78 is 6.15. The molecule has 2 aliphatic carbocycles. The fraction of sp³-hybridized carbons (Fsp3) is 0.938. The molecule has 0 aromatic heterocycles. The first-order valence-corrected chi connectivity index (χ1v) is 7.62. The molecular formula is C16H28N2O. The Kier molecular flexibility index (Phi) is 4.23. The number of rotatable bonds is 5. The van der Waals surface area contributed by atoms with E-state index in [1.54, 1.807) is 0 Å². The molecule has 2 rings (SSSR count). The average molecular weight is 264 g/mol. The summed E-state index contributed by atoms with van der Waals surface area (Å²) in [4.78, 5) is 0. The molecule has 0 bridgehead atoms. The highest BCUT2D eigenvalue weighted by Crippen LogP contribution is 2.42. The number of nitrogens with zero attached hydrogens (tertiary/aromatic N) is 1. The van der Waals surface area contributed by atoms with E-state index in [9.17, 15) is 5.26 Å². The van der Waals surface area contributed by atoms with Crippen molar-refractivity contribution in [2.75, 3.05) is 13.7 Å². The van der Waals surface area contributed by atoms with Crippen molar-refractivity contribution in [1.29, 1.82) is 5.26 Å². The lowest BCUT2D eigenvalue weighted by atomic mass is 9.71. The van der Waals surface area contributed by atoms with Gasteiger partial charge in [-0.3, -0.25) is 0 Å². The van der Waals surface area contributed by atoms with Crippen molar-refractivity contribution >= 4 is 0 Å². The Hall–Kier alpha value is -0.590. The number of ether oxygens (including phenoxy) is 1. The van der Waals surface area contributed by atoms with Gasteiger partial charge in [0.2, 0.25) is 0 Å². The molecule has 19 heavy (non-hydrogen) atoms. The van der Waals surface area contributed by atoms with Crippen LogP contribution in [0.4, 0.5) is 0 Å². The zero-order valence-corrected chi connectivity index (χ0v) is 12.8. The van der Waals surface area contributed by atoms with E-state index in [2.05, 4.69) is 32.2 Å². The van der Waals surface area contributed by atoms with Crippen LogP contribution >= 0.6 is 0 Å². The maximum atomic E-state index is 9.48. The Morgan fingerprint density at radius 1 is 1.37 bits per heavy atom. The van der Waals surface area contributed by atoms with Gasteiger partial charge in [0.1, 0.15) is 5.54 Å². The van der Waals surface area contributed by atoms with Crippen LogP contribution in [-0.4, -0.2) is 25.3 Å². The van der Waals surface area contributed by atoms with Crippen LogP contribution in [0.3, 0.4) is 0 Å². The van der Waals surface area contributed by atoms with E-state index in [1.807, 2.05) is 7.05 Å². The second-order valence-electron chi connectivity index (χ2n) is 7.45. The highest BCUT2D eigenvalue weighted by molar-refractivity contribution is 5.15. The molecule has 0 radical (unpaired) electrons. The SMILES string of the molecule is CNC(C#N)(COC1CC(C)CC(C)(C)C1)C1CC1. The molecule has 0 saturated heterocycles. The molecule has 0 aliphatic heterocycles. The Morgan fingerprint density at radius 3 is 2.53 bits per heavy atom. The van der Waals surface area contributed by atoms with E-state index in [1.165, 1.54) is 6.42 Å². The maximum absolute atomic E-state index is 9.48. The first-order chi connectivity index (χ1) is 8.91. The zero-order valence-electron chi connectivity index (χ0n) is 12.8. The summed E-state index contributed by atoms with van der Waals surface area (Å²) in [6.07, 6.45) is 6.17. The highest BCUT2D eigenvalue weighted by atomic mass is 16.5. The van der Waals surface area contributed by atoms with Gasteiger partial charge in [-0.2, -0.15) is 5.26 Å². The van der Waals surface area contributed by atoms with Crippen LogP contribution in [0, 0.1) is 28.6 Å². The molecule has 2 saturated carbocycles. The number of nitrogens with one attached hydrogen (secondary N) is 1. The molecule has 0 spiro atoms. The van der Waals surface area contributed by atoms with Gasteiger partial charge in [0, 0.05) is 0 Å². The van der Waals surface area contributed by atoms with Crippen molar-refractivity contribution in [2.45, 2.75) is 64.5 Å². The van der Waals surface area contributed by atoms with Crippen LogP contribution in [0.15, 0.2) is 0 Å². The molecule has 0 amide bonds. The van der Waals surface area contributed by atoms with Crippen molar-refractivity contribution in [3.8, 4) is 6.07 Å². The predicted octanol–water partition coefficient (Wildman–Crippen LogP) is 3.11. The molecule has 3 atom stereocenters. The van der Waals surface area contributed by atoms with Gasteiger partial charge in [-0.05, 0) is 56.4 Å². The molecule has 0 aromatic rings. The minimum atomic E-state index is -0.454. The van der Waals surface area contributed by atoms with Crippen LogP contribution < -0.4 is 5.32 Å². The van der Waals surface area contributed by atoms with Gasteiger partial charge in [0.15, 0.2) is 0 Å². The number of nitriles is 1. The van der Waals surface area contributed by atoms with E-state index >= 15 is 0 Å². The molecule has 3 nitrogen and oxygen atoms in total. The predicted molar refractivity (Wildman–Crippen MR) is 76.7 cm³/mol. The lowest BCUT2D eigenvalue weighted by Gasteiger charge is -2.40. The standard InChI is InChI=1S/C16H28N2O/c1-12-7-14(9-15(2,3)8-12)19-11-16(10-17,18-4)13-5-6-13/h12-14,18H,5-9,11H2,1-4H3. The summed E-state index contributed by atoms with van der Waals surface area (Å²) in [6.45, 7) is 7.51. The van der Waals surface area contributed by atoms with Gasteiger partial charge < -0.3 is 10.1 Å². The number of likely N-dealkylation sites (N-methyl/N-ethyl adjacent to an activating group) is 1. The quantitative estimate of drug-likeness (QED) is 0.830. The van der Waals surface area contributed by atoms with Crippen molar-refractivity contribution < 1.29 is 4.74 Å². The van der Waals surface area contributed by atoms with Crippen molar-refractivity contribution in [2.24, 2.45) is 17.3 Å². The summed E-state index contributed by atoms with van der Waals surface area (Å²) >= 11 is 0. The van der Waals surface area contributed by atoms with E-state index in [0.717, 1.165) is 31.6 Å². The van der Waals surface area contributed by atoms with Crippen LogP contribution in [-0.2, 0) is 4.74 Å². The Bertz CT molecular complexity index is 356. The van der Waals surface area contributed by atoms with Crippen molar-refractivity contribution in [3.05, 3.63) is 0 Å².